The van der Waals surface area contributed by atoms with E-state index in [1.165, 1.54) is 17.7 Å². The zero-order valence-corrected chi connectivity index (χ0v) is 27.7. The number of nitrogens with zero attached hydrogens (tertiary/aromatic N) is 1. The van der Waals surface area contributed by atoms with Gasteiger partial charge in [0.15, 0.2) is 0 Å². The van der Waals surface area contributed by atoms with Gasteiger partial charge in [0.05, 0.1) is 11.5 Å². The van der Waals surface area contributed by atoms with Crippen molar-refractivity contribution < 1.29 is 32.2 Å². The molecule has 1 fully saturated rings. The van der Waals surface area contributed by atoms with Crippen LogP contribution in [0.1, 0.15) is 65.2 Å². The van der Waals surface area contributed by atoms with Crippen LogP contribution in [0.3, 0.4) is 0 Å². The van der Waals surface area contributed by atoms with Crippen LogP contribution >= 0.6 is 15.9 Å². The molecule has 2 amide bonds. The maximum Gasteiger partial charge on any atom is 0.416 e. The van der Waals surface area contributed by atoms with Crippen LogP contribution in [0.5, 0.6) is 11.5 Å². The summed E-state index contributed by atoms with van der Waals surface area (Å²) in [6.45, 7) is 5.40. The largest absolute Gasteiger partial charge is 0.490 e. The SMILES string of the molecule is CCc1ccc(C(=O)N2CCC(Oc3ccc(COc4cc(Br)cc(C(C)C(=O)Nc5ccc(C(F)(F)F)cc5)c4)cc3)CC2)cc1. The Morgan fingerprint density at radius 3 is 2.15 bits per heavy atom. The van der Waals surface area contributed by atoms with Crippen LogP contribution in [-0.2, 0) is 24.0 Å². The monoisotopic (exact) mass is 708 g/mol. The summed E-state index contributed by atoms with van der Waals surface area (Å²) in [4.78, 5) is 27.7. The van der Waals surface area contributed by atoms with Gasteiger partial charge in [-0.05, 0) is 96.8 Å². The number of likely N-dealkylation sites (tertiary alicyclic amines) is 1. The number of benzene rings is 4. The third kappa shape index (κ3) is 9.16. The second kappa shape index (κ2) is 15.1. The number of piperidine rings is 1. The Morgan fingerprint density at radius 1 is 0.894 bits per heavy atom. The summed E-state index contributed by atoms with van der Waals surface area (Å²) >= 11 is 3.48. The van der Waals surface area contributed by atoms with E-state index in [1.807, 2.05) is 53.4 Å². The first-order valence-electron chi connectivity index (χ1n) is 15.5. The molecule has 1 saturated heterocycles. The topological polar surface area (TPSA) is 67.9 Å². The third-order valence-electron chi connectivity index (χ3n) is 8.24. The molecule has 0 saturated carbocycles. The van der Waals surface area contributed by atoms with E-state index in [-0.39, 0.29) is 23.6 Å². The quantitative estimate of drug-likeness (QED) is 0.179. The van der Waals surface area contributed by atoms with Gasteiger partial charge >= 0.3 is 6.18 Å². The smallest absolute Gasteiger partial charge is 0.416 e. The van der Waals surface area contributed by atoms with Gasteiger partial charge in [-0.1, -0.05) is 47.1 Å². The number of halogens is 4. The summed E-state index contributed by atoms with van der Waals surface area (Å²) < 4.78 is 51.5. The van der Waals surface area contributed by atoms with E-state index in [0.717, 1.165) is 52.7 Å². The predicted octanol–water partition coefficient (Wildman–Crippen LogP) is 9.04. The molecule has 1 heterocycles. The lowest BCUT2D eigenvalue weighted by Gasteiger charge is -2.32. The fourth-order valence-electron chi connectivity index (χ4n) is 5.33. The number of carbonyl (C=O) groups excluding carboxylic acids is 2. The van der Waals surface area contributed by atoms with Crippen LogP contribution in [0.25, 0.3) is 0 Å². The van der Waals surface area contributed by atoms with Crippen molar-refractivity contribution in [2.45, 2.75) is 57.9 Å². The van der Waals surface area contributed by atoms with Crippen LogP contribution in [0, 0.1) is 0 Å². The number of carbonyl (C=O) groups is 2. The lowest BCUT2D eigenvalue weighted by atomic mass is 10.00. The number of ether oxygens (including phenoxy) is 2. The highest BCUT2D eigenvalue weighted by Gasteiger charge is 2.30. The highest BCUT2D eigenvalue weighted by Crippen LogP contribution is 2.31. The number of rotatable bonds is 10. The van der Waals surface area contributed by atoms with E-state index in [1.54, 1.807) is 25.1 Å². The Morgan fingerprint density at radius 2 is 1.53 bits per heavy atom. The number of alkyl halides is 3. The van der Waals surface area contributed by atoms with Gasteiger partial charge in [-0.25, -0.2) is 0 Å². The Labute approximate surface area is 281 Å². The van der Waals surface area contributed by atoms with E-state index >= 15 is 0 Å². The fraction of sp³-hybridized carbons (Fsp3) is 0.297. The molecule has 0 spiro atoms. The lowest BCUT2D eigenvalue weighted by molar-refractivity contribution is -0.137. The highest BCUT2D eigenvalue weighted by molar-refractivity contribution is 9.10. The first-order valence-corrected chi connectivity index (χ1v) is 16.3. The first-order chi connectivity index (χ1) is 22.5. The number of hydrogen-bond acceptors (Lipinski definition) is 4. The highest BCUT2D eigenvalue weighted by atomic mass is 79.9. The summed E-state index contributed by atoms with van der Waals surface area (Å²) in [6, 6.07) is 25.2. The zero-order chi connectivity index (χ0) is 33.6. The molecular formula is C37H36BrF3N2O4. The van der Waals surface area contributed by atoms with E-state index in [2.05, 4.69) is 28.2 Å². The van der Waals surface area contributed by atoms with Gasteiger partial charge in [-0.3, -0.25) is 9.59 Å². The van der Waals surface area contributed by atoms with Crippen molar-refractivity contribution in [2.75, 3.05) is 18.4 Å². The molecular weight excluding hydrogens is 673 g/mol. The standard InChI is InChI=1S/C37H36BrF3N2O4/c1-3-25-4-8-27(9-5-25)36(45)43-18-16-33(17-19-43)47-32-14-6-26(7-15-32)23-46-34-21-28(20-30(38)22-34)24(2)35(44)42-31-12-10-29(11-13-31)37(39,40)41/h4-15,20-22,24,33H,3,16-19,23H2,1-2H3,(H,42,44). The normalized spacial score (nSPS) is 14.4. The molecule has 0 radical (unpaired) electrons. The molecule has 1 aliphatic rings. The summed E-state index contributed by atoms with van der Waals surface area (Å²) in [5.41, 5.74) is 3.05. The van der Waals surface area contributed by atoms with Gasteiger partial charge < -0.3 is 19.7 Å². The van der Waals surface area contributed by atoms with Crippen molar-refractivity contribution in [2.24, 2.45) is 0 Å². The van der Waals surface area contributed by atoms with E-state index in [0.29, 0.717) is 31.0 Å². The summed E-state index contributed by atoms with van der Waals surface area (Å²) in [5.74, 6) is 0.427. The van der Waals surface area contributed by atoms with Crippen molar-refractivity contribution in [3.63, 3.8) is 0 Å². The van der Waals surface area contributed by atoms with Gasteiger partial charge in [-0.2, -0.15) is 13.2 Å². The maximum atomic E-state index is 12.9. The molecule has 5 rings (SSSR count). The number of aryl methyl sites for hydroxylation is 1. The maximum absolute atomic E-state index is 12.9. The summed E-state index contributed by atoms with van der Waals surface area (Å²) in [5, 5.41) is 2.68. The second-order valence-electron chi connectivity index (χ2n) is 11.6. The molecule has 0 aliphatic carbocycles. The lowest BCUT2D eigenvalue weighted by Crippen LogP contribution is -2.41. The Bertz CT molecular complexity index is 1670. The number of nitrogens with one attached hydrogen (secondary N) is 1. The minimum Gasteiger partial charge on any atom is -0.490 e. The van der Waals surface area contributed by atoms with Gasteiger partial charge in [0.25, 0.3) is 5.91 Å². The molecule has 47 heavy (non-hydrogen) atoms. The third-order valence-corrected chi connectivity index (χ3v) is 8.69. The average Bonchev–Trinajstić information content (AvgIpc) is 3.07. The van der Waals surface area contributed by atoms with E-state index in [9.17, 15) is 22.8 Å². The van der Waals surface area contributed by atoms with Crippen molar-refractivity contribution in [1.82, 2.24) is 4.90 Å². The van der Waals surface area contributed by atoms with Crippen molar-refractivity contribution in [3.8, 4) is 11.5 Å². The minimum atomic E-state index is -4.44. The van der Waals surface area contributed by atoms with Crippen LogP contribution in [-0.4, -0.2) is 35.9 Å². The predicted molar refractivity (Wildman–Crippen MR) is 179 cm³/mol. The first kappa shape index (κ1) is 34.0. The van der Waals surface area contributed by atoms with Crippen LogP contribution in [0.4, 0.5) is 18.9 Å². The van der Waals surface area contributed by atoms with Gasteiger partial charge in [0.2, 0.25) is 5.91 Å². The molecule has 1 aliphatic heterocycles. The second-order valence-corrected chi connectivity index (χ2v) is 12.5. The summed E-state index contributed by atoms with van der Waals surface area (Å²) in [7, 11) is 0. The van der Waals surface area contributed by atoms with Crippen LogP contribution in [0.15, 0.2) is 95.5 Å². The molecule has 4 aromatic rings. The molecule has 4 aromatic carbocycles. The van der Waals surface area contributed by atoms with E-state index < -0.39 is 17.7 Å². The number of hydrogen-bond donors (Lipinski definition) is 1. The number of amides is 2. The van der Waals surface area contributed by atoms with Crippen molar-refractivity contribution >= 4 is 33.4 Å². The molecule has 0 bridgehead atoms. The molecule has 6 nitrogen and oxygen atoms in total. The Hall–Kier alpha value is -4.31. The van der Waals surface area contributed by atoms with Gasteiger partial charge in [0, 0.05) is 41.7 Å². The fourth-order valence-corrected chi connectivity index (χ4v) is 5.82. The molecule has 1 N–H and O–H groups in total. The molecule has 10 heteroatoms. The molecule has 0 aromatic heterocycles. The molecule has 1 unspecified atom stereocenters. The van der Waals surface area contributed by atoms with Crippen molar-refractivity contribution in [1.29, 1.82) is 0 Å². The van der Waals surface area contributed by atoms with E-state index in [4.69, 9.17) is 9.47 Å². The van der Waals surface area contributed by atoms with Crippen LogP contribution in [0.2, 0.25) is 0 Å². The summed E-state index contributed by atoms with van der Waals surface area (Å²) in [6.07, 6.45) is -1.95. The van der Waals surface area contributed by atoms with Gasteiger partial charge in [-0.15, -0.1) is 0 Å². The van der Waals surface area contributed by atoms with Crippen molar-refractivity contribution in [3.05, 3.63) is 123 Å². The van der Waals surface area contributed by atoms with Gasteiger partial charge in [0.1, 0.15) is 24.2 Å². The Kier molecular flexibility index (Phi) is 10.9. The Balaban J connectivity index is 1.10. The minimum absolute atomic E-state index is 0.0298. The number of anilines is 1. The zero-order valence-electron chi connectivity index (χ0n) is 26.1. The average molecular weight is 710 g/mol. The molecule has 1 atom stereocenters. The molecule has 246 valence electrons. The van der Waals surface area contributed by atoms with Crippen LogP contribution < -0.4 is 14.8 Å².